The Labute approximate surface area is 121 Å². The SMILES string of the molecule is CCN(CCC(N)=NO)S(=O)(=O)c1cc(C)c(Cl)s1. The van der Waals surface area contributed by atoms with Crippen LogP contribution < -0.4 is 5.73 Å². The highest BCUT2D eigenvalue weighted by Gasteiger charge is 2.25. The summed E-state index contributed by atoms with van der Waals surface area (Å²) in [5.41, 5.74) is 6.08. The molecule has 0 saturated carbocycles. The van der Waals surface area contributed by atoms with E-state index in [-0.39, 0.29) is 23.0 Å². The number of nitrogens with two attached hydrogens (primary N) is 1. The number of halogens is 1. The van der Waals surface area contributed by atoms with Gasteiger partial charge in [0.25, 0.3) is 10.0 Å². The summed E-state index contributed by atoms with van der Waals surface area (Å²) >= 11 is 6.93. The molecule has 108 valence electrons. The maximum atomic E-state index is 12.4. The number of amidine groups is 1. The largest absolute Gasteiger partial charge is 0.409 e. The van der Waals surface area contributed by atoms with Crippen LogP contribution in [0.5, 0.6) is 0 Å². The highest BCUT2D eigenvalue weighted by Crippen LogP contribution is 2.31. The molecule has 0 spiro atoms. The summed E-state index contributed by atoms with van der Waals surface area (Å²) in [6, 6.07) is 1.55. The summed E-state index contributed by atoms with van der Waals surface area (Å²) in [5, 5.41) is 11.3. The normalized spacial score (nSPS) is 13.2. The average Bonchev–Trinajstić information content (AvgIpc) is 2.70. The van der Waals surface area contributed by atoms with E-state index in [1.165, 1.54) is 4.31 Å². The maximum absolute atomic E-state index is 12.4. The Kier molecular flexibility index (Phi) is 5.60. The number of oxime groups is 1. The lowest BCUT2D eigenvalue weighted by Gasteiger charge is -2.18. The molecule has 0 atom stereocenters. The first-order chi connectivity index (χ1) is 8.82. The first kappa shape index (κ1) is 16.2. The van der Waals surface area contributed by atoms with Gasteiger partial charge < -0.3 is 10.9 Å². The van der Waals surface area contributed by atoms with Crippen LogP contribution in [-0.4, -0.2) is 36.9 Å². The minimum atomic E-state index is -3.58. The molecule has 1 rings (SSSR count). The summed E-state index contributed by atoms with van der Waals surface area (Å²) < 4.78 is 26.7. The van der Waals surface area contributed by atoms with Gasteiger partial charge in [-0.1, -0.05) is 23.7 Å². The standard InChI is InChI=1S/C10H16ClN3O3S2/c1-3-14(5-4-8(12)13-15)19(16,17)9-6-7(2)10(11)18-9/h6,15H,3-5H2,1-2H3,(H2,12,13). The first-order valence-electron chi connectivity index (χ1n) is 5.55. The number of nitrogens with zero attached hydrogens (tertiary/aromatic N) is 2. The smallest absolute Gasteiger partial charge is 0.252 e. The molecule has 0 amide bonds. The summed E-state index contributed by atoms with van der Waals surface area (Å²) in [5.74, 6) is -0.00552. The zero-order valence-corrected chi connectivity index (χ0v) is 13.0. The number of sulfonamides is 1. The molecule has 0 radical (unpaired) electrons. The Bertz CT molecular complexity index is 549. The quantitative estimate of drug-likeness (QED) is 0.361. The zero-order chi connectivity index (χ0) is 14.6. The van der Waals surface area contributed by atoms with Crippen molar-refractivity contribution in [2.24, 2.45) is 10.9 Å². The van der Waals surface area contributed by atoms with Gasteiger partial charge in [-0.2, -0.15) is 4.31 Å². The fourth-order valence-electron chi connectivity index (χ4n) is 1.42. The Morgan fingerprint density at radius 2 is 2.26 bits per heavy atom. The Morgan fingerprint density at radius 3 is 2.68 bits per heavy atom. The van der Waals surface area contributed by atoms with Crippen molar-refractivity contribution in [3.05, 3.63) is 16.0 Å². The second kappa shape index (κ2) is 6.56. The van der Waals surface area contributed by atoms with Gasteiger partial charge in [-0.05, 0) is 18.6 Å². The lowest BCUT2D eigenvalue weighted by atomic mass is 10.4. The predicted molar refractivity (Wildman–Crippen MR) is 76.5 cm³/mol. The van der Waals surface area contributed by atoms with Gasteiger partial charge in [0.05, 0.1) is 4.34 Å². The first-order valence-corrected chi connectivity index (χ1v) is 8.18. The van der Waals surface area contributed by atoms with Crippen molar-refractivity contribution in [2.45, 2.75) is 24.5 Å². The van der Waals surface area contributed by atoms with Gasteiger partial charge in [-0.25, -0.2) is 8.42 Å². The fourth-order valence-corrected chi connectivity index (χ4v) is 4.74. The van der Waals surface area contributed by atoms with E-state index in [0.29, 0.717) is 10.9 Å². The van der Waals surface area contributed by atoms with Gasteiger partial charge in [0.15, 0.2) is 0 Å². The van der Waals surface area contributed by atoms with Crippen LogP contribution in [0.25, 0.3) is 0 Å². The van der Waals surface area contributed by atoms with E-state index in [0.717, 1.165) is 16.9 Å². The highest BCUT2D eigenvalue weighted by atomic mass is 35.5. The van der Waals surface area contributed by atoms with Gasteiger partial charge in [0.2, 0.25) is 0 Å². The van der Waals surface area contributed by atoms with Crippen molar-refractivity contribution in [3.8, 4) is 0 Å². The average molecular weight is 326 g/mol. The molecular weight excluding hydrogens is 310 g/mol. The van der Waals surface area contributed by atoms with E-state index in [9.17, 15) is 8.42 Å². The van der Waals surface area contributed by atoms with Crippen LogP contribution in [0.3, 0.4) is 0 Å². The topological polar surface area (TPSA) is 96.0 Å². The van der Waals surface area contributed by atoms with Crippen molar-refractivity contribution in [1.29, 1.82) is 0 Å². The summed E-state index contributed by atoms with van der Waals surface area (Å²) in [6.07, 6.45) is 0.168. The number of thiophene rings is 1. The van der Waals surface area contributed by atoms with Crippen molar-refractivity contribution < 1.29 is 13.6 Å². The third-order valence-corrected chi connectivity index (χ3v) is 6.51. The van der Waals surface area contributed by atoms with Crippen LogP contribution in [-0.2, 0) is 10.0 Å². The molecule has 0 aliphatic carbocycles. The minimum absolute atomic E-state index is 0.00552. The Hall–Kier alpha value is -0.830. The molecule has 0 unspecified atom stereocenters. The van der Waals surface area contributed by atoms with Crippen LogP contribution in [0.15, 0.2) is 15.4 Å². The third-order valence-electron chi connectivity index (χ3n) is 2.53. The van der Waals surface area contributed by atoms with Crippen LogP contribution in [0.2, 0.25) is 4.34 Å². The number of rotatable bonds is 6. The van der Waals surface area contributed by atoms with Crippen LogP contribution in [0.1, 0.15) is 18.9 Å². The van der Waals surface area contributed by atoms with Gasteiger partial charge in [-0.15, -0.1) is 11.3 Å². The number of hydrogen-bond donors (Lipinski definition) is 2. The van der Waals surface area contributed by atoms with E-state index in [2.05, 4.69) is 5.16 Å². The molecular formula is C10H16ClN3O3S2. The summed E-state index contributed by atoms with van der Waals surface area (Å²) in [4.78, 5) is 0. The fraction of sp³-hybridized carbons (Fsp3) is 0.500. The molecule has 0 saturated heterocycles. The molecule has 1 aromatic heterocycles. The van der Waals surface area contributed by atoms with Crippen LogP contribution >= 0.6 is 22.9 Å². The van der Waals surface area contributed by atoms with Crippen molar-refractivity contribution in [1.82, 2.24) is 4.31 Å². The van der Waals surface area contributed by atoms with E-state index in [1.54, 1.807) is 19.9 Å². The molecule has 0 bridgehead atoms. The van der Waals surface area contributed by atoms with E-state index < -0.39 is 10.0 Å². The summed E-state index contributed by atoms with van der Waals surface area (Å²) in [7, 11) is -3.58. The molecule has 0 aromatic carbocycles. The highest BCUT2D eigenvalue weighted by molar-refractivity contribution is 7.91. The molecule has 1 aromatic rings. The van der Waals surface area contributed by atoms with Gasteiger partial charge in [0.1, 0.15) is 10.0 Å². The van der Waals surface area contributed by atoms with Crippen molar-refractivity contribution in [2.75, 3.05) is 13.1 Å². The Balaban J connectivity index is 2.96. The molecule has 3 N–H and O–H groups in total. The molecule has 0 aliphatic heterocycles. The molecule has 6 nitrogen and oxygen atoms in total. The minimum Gasteiger partial charge on any atom is -0.409 e. The monoisotopic (exact) mass is 325 g/mol. The van der Waals surface area contributed by atoms with Crippen molar-refractivity contribution in [3.63, 3.8) is 0 Å². The zero-order valence-electron chi connectivity index (χ0n) is 10.6. The lowest BCUT2D eigenvalue weighted by Crippen LogP contribution is -2.33. The van der Waals surface area contributed by atoms with E-state index >= 15 is 0 Å². The third kappa shape index (κ3) is 3.82. The van der Waals surface area contributed by atoms with Crippen LogP contribution in [0.4, 0.5) is 0 Å². The lowest BCUT2D eigenvalue weighted by molar-refractivity contribution is 0.315. The molecule has 9 heteroatoms. The van der Waals surface area contributed by atoms with Gasteiger partial charge in [-0.3, -0.25) is 0 Å². The van der Waals surface area contributed by atoms with E-state index in [4.69, 9.17) is 22.5 Å². The number of hydrogen-bond acceptors (Lipinski definition) is 5. The predicted octanol–water partition coefficient (Wildman–Crippen LogP) is 1.86. The van der Waals surface area contributed by atoms with Gasteiger partial charge in [0, 0.05) is 19.5 Å². The van der Waals surface area contributed by atoms with Crippen molar-refractivity contribution >= 4 is 38.8 Å². The van der Waals surface area contributed by atoms with Crippen LogP contribution in [0, 0.1) is 6.92 Å². The maximum Gasteiger partial charge on any atom is 0.252 e. The number of aryl methyl sites for hydroxylation is 1. The Morgan fingerprint density at radius 1 is 1.63 bits per heavy atom. The second-order valence-electron chi connectivity index (χ2n) is 3.86. The summed E-state index contributed by atoms with van der Waals surface area (Å²) in [6.45, 7) is 3.94. The molecule has 1 heterocycles. The molecule has 19 heavy (non-hydrogen) atoms. The van der Waals surface area contributed by atoms with Gasteiger partial charge >= 0.3 is 0 Å². The van der Waals surface area contributed by atoms with E-state index in [1.807, 2.05) is 0 Å². The molecule has 0 fully saturated rings. The second-order valence-corrected chi connectivity index (χ2v) is 7.68. The molecule has 0 aliphatic rings.